The summed E-state index contributed by atoms with van der Waals surface area (Å²) in [6.07, 6.45) is 19.3. The lowest BCUT2D eigenvalue weighted by atomic mass is 10.1. The molecule has 0 aliphatic carbocycles. The summed E-state index contributed by atoms with van der Waals surface area (Å²) in [5, 5.41) is 0. The van der Waals surface area contributed by atoms with Crippen LogP contribution in [0.25, 0.3) is 12.2 Å². The Kier molecular flexibility index (Phi) is 16.4. The van der Waals surface area contributed by atoms with E-state index < -0.39 is 0 Å². The summed E-state index contributed by atoms with van der Waals surface area (Å²) >= 11 is 3.51. The monoisotopic (exact) mass is 558 g/mol. The molecule has 2 rings (SSSR count). The average Bonchev–Trinajstić information content (AvgIpc) is 2.88. The molecule has 3 nitrogen and oxygen atoms in total. The van der Waals surface area contributed by atoms with Crippen molar-refractivity contribution < 1.29 is 14.2 Å². The van der Waals surface area contributed by atoms with Crippen LogP contribution in [0, 0.1) is 0 Å². The van der Waals surface area contributed by atoms with Crippen molar-refractivity contribution in [2.45, 2.75) is 97.5 Å². The first-order valence-electron chi connectivity index (χ1n) is 14.0. The number of rotatable bonds is 20. The minimum Gasteiger partial charge on any atom is -0.493 e. The van der Waals surface area contributed by atoms with Gasteiger partial charge in [-0.1, -0.05) is 118 Å². The van der Waals surface area contributed by atoms with Gasteiger partial charge in [-0.05, 0) is 42.7 Å². The van der Waals surface area contributed by atoms with Crippen molar-refractivity contribution in [2.75, 3.05) is 20.3 Å². The maximum Gasteiger partial charge on any atom is 0.127 e. The first-order valence-corrected chi connectivity index (χ1v) is 14.8. The molecule has 0 fully saturated rings. The Morgan fingerprint density at radius 3 is 1.81 bits per heavy atom. The Morgan fingerprint density at radius 1 is 0.667 bits per heavy atom. The van der Waals surface area contributed by atoms with Gasteiger partial charge in [0, 0.05) is 22.7 Å². The molecular weight excluding hydrogens is 512 g/mol. The van der Waals surface area contributed by atoms with Crippen LogP contribution in [0.2, 0.25) is 0 Å². The van der Waals surface area contributed by atoms with E-state index in [9.17, 15) is 0 Å². The fraction of sp³-hybridized carbons (Fsp3) is 0.562. The molecule has 0 aliphatic heterocycles. The van der Waals surface area contributed by atoms with E-state index in [1.54, 1.807) is 7.11 Å². The smallest absolute Gasteiger partial charge is 0.127 e. The van der Waals surface area contributed by atoms with Crippen LogP contribution in [0.15, 0.2) is 40.9 Å². The first kappa shape index (κ1) is 30.4. The van der Waals surface area contributed by atoms with Gasteiger partial charge in [-0.25, -0.2) is 0 Å². The number of unbranched alkanes of at least 4 members (excludes halogenated alkanes) is 10. The molecule has 0 spiro atoms. The zero-order chi connectivity index (χ0) is 25.8. The number of benzene rings is 2. The minimum atomic E-state index is 0.510. The summed E-state index contributed by atoms with van der Waals surface area (Å²) in [5.41, 5.74) is 3.24. The summed E-state index contributed by atoms with van der Waals surface area (Å²) < 4.78 is 19.1. The average molecular weight is 560 g/mol. The predicted molar refractivity (Wildman–Crippen MR) is 158 cm³/mol. The van der Waals surface area contributed by atoms with E-state index in [0.717, 1.165) is 58.7 Å². The molecule has 4 heteroatoms. The standard InChI is InChI=1S/C32H47BrO3/c1-4-6-8-10-12-14-22-35-31-25-29(26-34-3)32(36-23-15-13-11-9-7-5-2)24-28(31)19-16-27-17-20-30(33)21-18-27/h16-21,24-25H,4-15,22-23,26H2,1-3H3/b19-16+. The van der Waals surface area contributed by atoms with E-state index in [1.807, 2.05) is 0 Å². The Balaban J connectivity index is 2.11. The van der Waals surface area contributed by atoms with Crippen molar-refractivity contribution in [3.05, 3.63) is 57.6 Å². The quantitative estimate of drug-likeness (QED) is 0.119. The number of methoxy groups -OCH3 is 1. The SMILES string of the molecule is CCCCCCCCOc1cc(COC)c(OCCCCCCCC)cc1/C=C/c1ccc(Br)cc1. The van der Waals surface area contributed by atoms with Gasteiger partial charge in [-0.2, -0.15) is 0 Å². The molecule has 0 saturated carbocycles. The highest BCUT2D eigenvalue weighted by Gasteiger charge is 2.12. The highest BCUT2D eigenvalue weighted by molar-refractivity contribution is 9.10. The molecule has 0 unspecified atom stereocenters. The Labute approximate surface area is 228 Å². The van der Waals surface area contributed by atoms with E-state index >= 15 is 0 Å². The van der Waals surface area contributed by atoms with Crippen molar-refractivity contribution in [3.63, 3.8) is 0 Å². The van der Waals surface area contributed by atoms with E-state index in [2.05, 4.69) is 78.3 Å². The lowest BCUT2D eigenvalue weighted by Crippen LogP contribution is -2.05. The first-order chi connectivity index (χ1) is 17.7. The van der Waals surface area contributed by atoms with Gasteiger partial charge in [0.15, 0.2) is 0 Å². The summed E-state index contributed by atoms with van der Waals surface area (Å²) in [6, 6.07) is 12.6. The van der Waals surface area contributed by atoms with E-state index in [-0.39, 0.29) is 0 Å². The topological polar surface area (TPSA) is 27.7 Å². The normalized spacial score (nSPS) is 11.3. The van der Waals surface area contributed by atoms with Crippen LogP contribution in [0.4, 0.5) is 0 Å². The van der Waals surface area contributed by atoms with Crippen molar-refractivity contribution in [2.24, 2.45) is 0 Å². The van der Waals surface area contributed by atoms with Crippen molar-refractivity contribution in [3.8, 4) is 11.5 Å². The maximum absolute atomic E-state index is 6.30. The number of ether oxygens (including phenoxy) is 3. The second-order valence-electron chi connectivity index (χ2n) is 9.55. The van der Waals surface area contributed by atoms with Crippen LogP contribution in [0.5, 0.6) is 11.5 Å². The van der Waals surface area contributed by atoms with Gasteiger partial charge in [-0.15, -0.1) is 0 Å². The Bertz CT molecular complexity index is 860. The number of hydrogen-bond donors (Lipinski definition) is 0. The molecule has 0 atom stereocenters. The van der Waals surface area contributed by atoms with E-state index in [4.69, 9.17) is 14.2 Å². The third-order valence-electron chi connectivity index (χ3n) is 6.33. The summed E-state index contributed by atoms with van der Waals surface area (Å²) in [6.45, 7) is 6.48. The lowest BCUT2D eigenvalue weighted by molar-refractivity contribution is 0.179. The Morgan fingerprint density at radius 2 is 1.22 bits per heavy atom. The van der Waals surface area contributed by atoms with E-state index in [1.165, 1.54) is 64.2 Å². The lowest BCUT2D eigenvalue weighted by Gasteiger charge is -2.16. The second-order valence-corrected chi connectivity index (χ2v) is 10.5. The van der Waals surface area contributed by atoms with Gasteiger partial charge < -0.3 is 14.2 Å². The number of hydrogen-bond acceptors (Lipinski definition) is 3. The van der Waals surface area contributed by atoms with Crippen LogP contribution in [0.1, 0.15) is 108 Å². The molecule has 0 heterocycles. The third kappa shape index (κ3) is 12.5. The molecule has 0 radical (unpaired) electrons. The molecule has 2 aromatic carbocycles. The molecular formula is C32H47BrO3. The number of halogens is 1. The van der Waals surface area contributed by atoms with Crippen molar-refractivity contribution >= 4 is 28.1 Å². The van der Waals surface area contributed by atoms with Crippen LogP contribution in [0.3, 0.4) is 0 Å². The molecule has 0 aliphatic rings. The molecule has 2 aromatic rings. The van der Waals surface area contributed by atoms with Gasteiger partial charge in [0.2, 0.25) is 0 Å². The third-order valence-corrected chi connectivity index (χ3v) is 6.86. The van der Waals surface area contributed by atoms with Crippen molar-refractivity contribution in [1.82, 2.24) is 0 Å². The zero-order valence-electron chi connectivity index (χ0n) is 22.8. The van der Waals surface area contributed by atoms with Gasteiger partial charge in [0.25, 0.3) is 0 Å². The molecule has 0 amide bonds. The molecule has 200 valence electrons. The zero-order valence-corrected chi connectivity index (χ0v) is 24.4. The summed E-state index contributed by atoms with van der Waals surface area (Å²) in [5.74, 6) is 1.80. The van der Waals surface area contributed by atoms with Gasteiger partial charge in [0.1, 0.15) is 11.5 Å². The van der Waals surface area contributed by atoms with Gasteiger partial charge in [-0.3, -0.25) is 0 Å². The van der Waals surface area contributed by atoms with Gasteiger partial charge in [0.05, 0.1) is 19.8 Å². The summed E-state index contributed by atoms with van der Waals surface area (Å²) in [7, 11) is 1.73. The molecule has 0 saturated heterocycles. The second kappa shape index (κ2) is 19.3. The minimum absolute atomic E-state index is 0.510. The van der Waals surface area contributed by atoms with Crippen LogP contribution in [-0.2, 0) is 11.3 Å². The maximum atomic E-state index is 6.30. The Hall–Kier alpha value is -1.78. The van der Waals surface area contributed by atoms with Crippen LogP contribution >= 0.6 is 15.9 Å². The van der Waals surface area contributed by atoms with Crippen molar-refractivity contribution in [1.29, 1.82) is 0 Å². The van der Waals surface area contributed by atoms with E-state index in [0.29, 0.717) is 6.61 Å². The fourth-order valence-corrected chi connectivity index (χ4v) is 4.43. The molecule has 0 N–H and O–H groups in total. The molecule has 0 bridgehead atoms. The predicted octanol–water partition coefficient (Wildman–Crippen LogP) is 10.2. The van der Waals surface area contributed by atoms with Crippen LogP contribution < -0.4 is 9.47 Å². The van der Waals surface area contributed by atoms with Gasteiger partial charge >= 0.3 is 0 Å². The van der Waals surface area contributed by atoms with Crippen LogP contribution in [-0.4, -0.2) is 20.3 Å². The largest absolute Gasteiger partial charge is 0.493 e. The molecule has 0 aromatic heterocycles. The molecule has 36 heavy (non-hydrogen) atoms. The highest BCUT2D eigenvalue weighted by Crippen LogP contribution is 2.32. The fourth-order valence-electron chi connectivity index (χ4n) is 4.16. The highest BCUT2D eigenvalue weighted by atomic mass is 79.9. The summed E-state index contributed by atoms with van der Waals surface area (Å²) in [4.78, 5) is 0.